The van der Waals surface area contributed by atoms with Crippen molar-refractivity contribution >= 4 is 45.4 Å². The minimum absolute atomic E-state index is 0.118. The highest BCUT2D eigenvalue weighted by Gasteiger charge is 2.27. The van der Waals surface area contributed by atoms with E-state index in [-0.39, 0.29) is 17.2 Å². The van der Waals surface area contributed by atoms with Crippen LogP contribution in [-0.2, 0) is 11.2 Å². The Morgan fingerprint density at radius 2 is 1.94 bits per heavy atom. The zero-order chi connectivity index (χ0) is 22.1. The van der Waals surface area contributed by atoms with Crippen molar-refractivity contribution in [2.24, 2.45) is 0 Å². The number of nitrogens with zero attached hydrogens (tertiary/aromatic N) is 1. The topological polar surface area (TPSA) is 46.1 Å². The molecule has 4 rings (SSSR count). The van der Waals surface area contributed by atoms with Crippen molar-refractivity contribution in [3.63, 3.8) is 0 Å². The van der Waals surface area contributed by atoms with Crippen LogP contribution in [0.3, 0.4) is 0 Å². The third-order valence-corrected chi connectivity index (χ3v) is 6.82. The lowest BCUT2D eigenvalue weighted by Gasteiger charge is -2.13. The van der Waals surface area contributed by atoms with E-state index in [1.54, 1.807) is 6.07 Å². The Kier molecular flexibility index (Phi) is 6.25. The zero-order valence-electron chi connectivity index (χ0n) is 17.5. The maximum atomic E-state index is 14.5. The van der Waals surface area contributed by atoms with Crippen molar-refractivity contribution in [1.29, 1.82) is 0 Å². The number of halogens is 2. The molecule has 4 nitrogen and oxygen atoms in total. The molecule has 1 aromatic heterocycles. The molecule has 1 fully saturated rings. The Hall–Kier alpha value is -2.51. The fourth-order valence-corrected chi connectivity index (χ4v) is 4.97. The average molecular weight is 500 g/mol. The summed E-state index contributed by atoms with van der Waals surface area (Å²) in [4.78, 5) is 13.2. The van der Waals surface area contributed by atoms with Crippen LogP contribution in [0.4, 0.5) is 10.1 Å². The van der Waals surface area contributed by atoms with Crippen LogP contribution in [0.1, 0.15) is 29.4 Å². The number of anilines is 1. The predicted molar refractivity (Wildman–Crippen MR) is 130 cm³/mol. The molecule has 31 heavy (non-hydrogen) atoms. The van der Waals surface area contributed by atoms with Gasteiger partial charge in [-0.05, 0) is 73.9 Å². The number of carbonyl (C=O) groups excluding carboxylic acids is 1. The molecule has 0 spiro atoms. The molecule has 1 amide bonds. The van der Waals surface area contributed by atoms with Gasteiger partial charge in [0.15, 0.2) is 5.50 Å². The number of hydrogen-bond donors (Lipinski definition) is 2. The number of benzene rings is 2. The Bertz CT molecular complexity index is 1170. The largest absolute Gasteiger partial charge is 0.357 e. The molecule has 1 saturated heterocycles. The van der Waals surface area contributed by atoms with Gasteiger partial charge in [-0.1, -0.05) is 46.7 Å². The normalized spacial score (nSPS) is 17.3. The molecular formula is C24H23BrFN3OS. The van der Waals surface area contributed by atoms with E-state index in [1.165, 1.54) is 23.4 Å². The average Bonchev–Trinajstić information content (AvgIpc) is 3.21. The zero-order valence-corrected chi connectivity index (χ0v) is 19.9. The standard InChI is InChI=1S/C24H23BrFN3OS/c1-4-16-5-8-19(9-6-16)27-24-28-23(30)22(31-24)12-17-11-14(2)29(15(17)3)21-10-7-18(25)13-20(21)26/h5-13,24,27H,4H2,1-3H3,(H,28,30)/b22-12-/t24-/m0/s1. The summed E-state index contributed by atoms with van der Waals surface area (Å²) in [5.41, 5.74) is 5.16. The van der Waals surface area contributed by atoms with Crippen LogP contribution >= 0.6 is 27.7 Å². The Morgan fingerprint density at radius 1 is 1.19 bits per heavy atom. The summed E-state index contributed by atoms with van der Waals surface area (Å²) in [6, 6.07) is 15.2. The summed E-state index contributed by atoms with van der Waals surface area (Å²) in [6.07, 6.45) is 2.86. The number of rotatable bonds is 5. The van der Waals surface area contributed by atoms with Crippen molar-refractivity contribution in [2.45, 2.75) is 32.7 Å². The number of hydrogen-bond acceptors (Lipinski definition) is 3. The molecule has 2 aromatic carbocycles. The summed E-state index contributed by atoms with van der Waals surface area (Å²) in [6.45, 7) is 5.99. The van der Waals surface area contributed by atoms with Gasteiger partial charge in [-0.2, -0.15) is 0 Å². The second kappa shape index (κ2) is 8.93. The maximum absolute atomic E-state index is 14.5. The summed E-state index contributed by atoms with van der Waals surface area (Å²) in [5, 5.41) is 6.30. The van der Waals surface area contributed by atoms with Gasteiger partial charge >= 0.3 is 0 Å². The number of aryl methyl sites for hydroxylation is 2. The van der Waals surface area contributed by atoms with E-state index < -0.39 is 0 Å². The molecule has 1 aliphatic heterocycles. The van der Waals surface area contributed by atoms with Crippen LogP contribution < -0.4 is 10.6 Å². The molecule has 1 atom stereocenters. The van der Waals surface area contributed by atoms with Gasteiger partial charge in [-0.3, -0.25) is 4.79 Å². The third kappa shape index (κ3) is 4.57. The first-order valence-corrected chi connectivity index (χ1v) is 11.7. The van der Waals surface area contributed by atoms with Crippen LogP contribution in [0.25, 0.3) is 11.8 Å². The first kappa shape index (κ1) is 21.7. The number of thioether (sulfide) groups is 1. The first-order chi connectivity index (χ1) is 14.9. The smallest absolute Gasteiger partial charge is 0.260 e. The van der Waals surface area contributed by atoms with Crippen LogP contribution in [-0.4, -0.2) is 16.0 Å². The predicted octanol–water partition coefficient (Wildman–Crippen LogP) is 6.16. The summed E-state index contributed by atoms with van der Waals surface area (Å²) in [5.74, 6) is -0.422. The van der Waals surface area contributed by atoms with Crippen LogP contribution in [0.15, 0.2) is 57.9 Å². The van der Waals surface area contributed by atoms with Gasteiger partial charge in [0.1, 0.15) is 5.82 Å². The molecule has 2 N–H and O–H groups in total. The molecule has 0 radical (unpaired) electrons. The quantitative estimate of drug-likeness (QED) is 0.413. The number of amides is 1. The Balaban J connectivity index is 1.56. The highest BCUT2D eigenvalue weighted by Crippen LogP contribution is 2.32. The molecule has 0 bridgehead atoms. The fourth-order valence-electron chi connectivity index (χ4n) is 3.66. The van der Waals surface area contributed by atoms with Gasteiger partial charge in [0.25, 0.3) is 5.91 Å². The van der Waals surface area contributed by atoms with E-state index in [0.29, 0.717) is 15.1 Å². The molecule has 7 heteroatoms. The van der Waals surface area contributed by atoms with E-state index in [4.69, 9.17) is 0 Å². The van der Waals surface area contributed by atoms with Crippen LogP contribution in [0, 0.1) is 19.7 Å². The van der Waals surface area contributed by atoms with Crippen LogP contribution in [0.2, 0.25) is 0 Å². The van der Waals surface area contributed by atoms with E-state index in [2.05, 4.69) is 45.6 Å². The van der Waals surface area contributed by atoms with Gasteiger partial charge in [0, 0.05) is 21.5 Å². The lowest BCUT2D eigenvalue weighted by Crippen LogP contribution is -2.30. The van der Waals surface area contributed by atoms with Crippen molar-refractivity contribution < 1.29 is 9.18 Å². The summed E-state index contributed by atoms with van der Waals surface area (Å²) < 4.78 is 17.1. The van der Waals surface area contributed by atoms with Gasteiger partial charge in [0.05, 0.1) is 10.6 Å². The van der Waals surface area contributed by atoms with Gasteiger partial charge < -0.3 is 15.2 Å². The first-order valence-electron chi connectivity index (χ1n) is 10.0. The minimum atomic E-state index is -0.304. The van der Waals surface area contributed by atoms with E-state index in [9.17, 15) is 9.18 Å². The molecule has 0 aliphatic carbocycles. The van der Waals surface area contributed by atoms with Crippen LogP contribution in [0.5, 0.6) is 0 Å². The lowest BCUT2D eigenvalue weighted by molar-refractivity contribution is -0.116. The highest BCUT2D eigenvalue weighted by atomic mass is 79.9. The molecular weight excluding hydrogens is 477 g/mol. The summed E-state index contributed by atoms with van der Waals surface area (Å²) in [7, 11) is 0. The lowest BCUT2D eigenvalue weighted by atomic mass is 10.1. The van der Waals surface area contributed by atoms with Gasteiger partial charge in [0.2, 0.25) is 0 Å². The van der Waals surface area contributed by atoms with E-state index in [1.807, 2.05) is 48.8 Å². The van der Waals surface area contributed by atoms with E-state index >= 15 is 0 Å². The van der Waals surface area contributed by atoms with Gasteiger partial charge in [-0.25, -0.2) is 4.39 Å². The third-order valence-electron chi connectivity index (χ3n) is 5.30. The second-order valence-electron chi connectivity index (χ2n) is 7.43. The Morgan fingerprint density at radius 3 is 2.61 bits per heavy atom. The number of aromatic nitrogens is 1. The molecule has 0 unspecified atom stereocenters. The van der Waals surface area contributed by atoms with Crippen molar-refractivity contribution in [1.82, 2.24) is 9.88 Å². The second-order valence-corrected chi connectivity index (χ2v) is 9.49. The molecule has 3 aromatic rings. The van der Waals surface area contributed by atoms with E-state index in [0.717, 1.165) is 29.1 Å². The molecule has 2 heterocycles. The molecule has 0 saturated carbocycles. The molecule has 1 aliphatic rings. The Labute approximate surface area is 194 Å². The summed E-state index contributed by atoms with van der Waals surface area (Å²) >= 11 is 4.74. The SMILES string of the molecule is CCc1ccc(N[C@H]2NC(=O)/C(=C/c3cc(C)n(-c4ccc(Br)cc4F)c3C)S2)cc1. The maximum Gasteiger partial charge on any atom is 0.260 e. The van der Waals surface area contributed by atoms with Crippen molar-refractivity contribution in [2.75, 3.05) is 5.32 Å². The minimum Gasteiger partial charge on any atom is -0.357 e. The number of carbonyl (C=O) groups is 1. The van der Waals surface area contributed by atoms with Gasteiger partial charge in [-0.15, -0.1) is 0 Å². The molecule has 160 valence electrons. The monoisotopic (exact) mass is 499 g/mol. The van der Waals surface area contributed by atoms with Crippen molar-refractivity contribution in [3.05, 3.63) is 86.2 Å². The number of nitrogens with one attached hydrogen (secondary N) is 2. The highest BCUT2D eigenvalue weighted by molar-refractivity contribution is 9.10. The fraction of sp³-hybridized carbons (Fsp3) is 0.208. The van der Waals surface area contributed by atoms with Crippen molar-refractivity contribution in [3.8, 4) is 5.69 Å².